The first kappa shape index (κ1) is 16.9. The van der Waals surface area contributed by atoms with Crippen LogP contribution in [0.5, 0.6) is 0 Å². The minimum absolute atomic E-state index is 0.0348. The van der Waals surface area contributed by atoms with Gasteiger partial charge in [-0.15, -0.1) is 0 Å². The van der Waals surface area contributed by atoms with Crippen LogP contribution in [0.3, 0.4) is 0 Å². The lowest BCUT2D eigenvalue weighted by atomic mass is 9.77. The second-order valence-corrected chi connectivity index (χ2v) is 9.38. The molecule has 1 N–H and O–H groups in total. The van der Waals surface area contributed by atoms with Crippen LogP contribution in [-0.4, -0.2) is 32.5 Å². The molecule has 0 aromatic heterocycles. The molecule has 0 aromatic rings. The highest BCUT2D eigenvalue weighted by atomic mass is 32.2. The summed E-state index contributed by atoms with van der Waals surface area (Å²) in [6.45, 7) is 12.6. The van der Waals surface area contributed by atoms with E-state index in [1.54, 1.807) is 20.8 Å². The number of nitrogens with one attached hydrogen (secondary N) is 1. The minimum atomic E-state index is -3.01. The minimum Gasteiger partial charge on any atom is -0.319 e. The lowest BCUT2D eigenvalue weighted by Gasteiger charge is -2.34. The second-order valence-electron chi connectivity index (χ2n) is 6.52. The van der Waals surface area contributed by atoms with Crippen molar-refractivity contribution in [1.82, 2.24) is 5.32 Å². The molecular weight excluding hydrogens is 234 g/mol. The van der Waals surface area contributed by atoms with Gasteiger partial charge in [0.15, 0.2) is 9.84 Å². The Kier molecular flexibility index (Phi) is 5.67. The molecule has 0 rings (SSSR count). The van der Waals surface area contributed by atoms with Gasteiger partial charge in [0, 0.05) is 6.54 Å². The van der Waals surface area contributed by atoms with Gasteiger partial charge in [-0.3, -0.25) is 0 Å². The molecule has 0 radical (unpaired) electrons. The first-order valence-corrected chi connectivity index (χ1v) is 7.98. The third-order valence-electron chi connectivity index (χ3n) is 3.85. The lowest BCUT2D eigenvalue weighted by Crippen LogP contribution is -2.38. The highest BCUT2D eigenvalue weighted by molar-refractivity contribution is 7.92. The predicted molar refractivity (Wildman–Crippen MR) is 75.0 cm³/mol. The molecule has 104 valence electrons. The van der Waals surface area contributed by atoms with Crippen LogP contribution in [0.1, 0.15) is 48.0 Å². The van der Waals surface area contributed by atoms with E-state index in [4.69, 9.17) is 0 Å². The largest absolute Gasteiger partial charge is 0.319 e. The number of sulfone groups is 1. The van der Waals surface area contributed by atoms with Crippen LogP contribution in [0.15, 0.2) is 0 Å². The molecular formula is C13H29NO2S. The van der Waals surface area contributed by atoms with Crippen LogP contribution in [0.4, 0.5) is 0 Å². The summed E-state index contributed by atoms with van der Waals surface area (Å²) >= 11 is 0. The van der Waals surface area contributed by atoms with Gasteiger partial charge in [0.25, 0.3) is 0 Å². The Morgan fingerprint density at radius 2 is 1.59 bits per heavy atom. The van der Waals surface area contributed by atoms with E-state index < -0.39 is 14.6 Å². The van der Waals surface area contributed by atoms with Crippen molar-refractivity contribution in [3.05, 3.63) is 0 Å². The van der Waals surface area contributed by atoms with Gasteiger partial charge in [0.1, 0.15) is 0 Å². The van der Waals surface area contributed by atoms with Crippen molar-refractivity contribution < 1.29 is 8.42 Å². The van der Waals surface area contributed by atoms with Crippen LogP contribution < -0.4 is 5.32 Å². The Bertz CT molecular complexity index is 328. The predicted octanol–water partition coefficient (Wildman–Crippen LogP) is 2.47. The molecule has 4 heteroatoms. The van der Waals surface area contributed by atoms with Gasteiger partial charge >= 0.3 is 0 Å². The van der Waals surface area contributed by atoms with Gasteiger partial charge in [-0.25, -0.2) is 8.42 Å². The second kappa shape index (κ2) is 5.70. The molecule has 0 aliphatic heterocycles. The summed E-state index contributed by atoms with van der Waals surface area (Å²) in [5, 5.41) is 3.17. The highest BCUT2D eigenvalue weighted by Crippen LogP contribution is 2.32. The zero-order valence-corrected chi connectivity index (χ0v) is 13.2. The zero-order chi connectivity index (χ0) is 13.9. The molecule has 0 aromatic carbocycles. The number of hydrogen-bond donors (Lipinski definition) is 1. The van der Waals surface area contributed by atoms with Crippen LogP contribution in [0.25, 0.3) is 0 Å². The van der Waals surface area contributed by atoms with Gasteiger partial charge in [0.05, 0.1) is 10.5 Å². The van der Waals surface area contributed by atoms with E-state index >= 15 is 0 Å². The van der Waals surface area contributed by atoms with Crippen LogP contribution in [-0.2, 0) is 9.84 Å². The Hall–Kier alpha value is -0.0900. The van der Waals surface area contributed by atoms with Crippen molar-refractivity contribution in [3.8, 4) is 0 Å². The Labute approximate surface area is 107 Å². The molecule has 0 amide bonds. The average molecular weight is 263 g/mol. The summed E-state index contributed by atoms with van der Waals surface area (Å²) in [7, 11) is -1.09. The maximum atomic E-state index is 12.1. The summed E-state index contributed by atoms with van der Waals surface area (Å²) in [5.41, 5.74) is 0.0348. The van der Waals surface area contributed by atoms with E-state index in [0.29, 0.717) is 12.3 Å². The van der Waals surface area contributed by atoms with Crippen molar-refractivity contribution in [2.75, 3.05) is 19.3 Å². The Balaban J connectivity index is 4.75. The Morgan fingerprint density at radius 3 is 1.88 bits per heavy atom. The molecule has 0 aliphatic carbocycles. The van der Waals surface area contributed by atoms with E-state index in [1.807, 2.05) is 7.05 Å². The fraction of sp³-hybridized carbons (Fsp3) is 1.00. The SMILES string of the molecule is CNCC(C)(CCS(=O)(=O)C(C)(C)C)C(C)C. The molecule has 0 bridgehead atoms. The summed E-state index contributed by atoms with van der Waals surface area (Å²) in [5.74, 6) is 0.734. The molecule has 1 atom stereocenters. The van der Waals surface area contributed by atoms with Crippen molar-refractivity contribution in [1.29, 1.82) is 0 Å². The molecule has 0 heterocycles. The van der Waals surface area contributed by atoms with Crippen molar-refractivity contribution in [2.45, 2.75) is 52.7 Å². The quantitative estimate of drug-likeness (QED) is 0.801. The number of hydrogen-bond acceptors (Lipinski definition) is 3. The highest BCUT2D eigenvalue weighted by Gasteiger charge is 2.34. The maximum absolute atomic E-state index is 12.1. The molecule has 0 fully saturated rings. The van der Waals surface area contributed by atoms with Gasteiger partial charge in [-0.05, 0) is 45.6 Å². The van der Waals surface area contributed by atoms with Crippen LogP contribution >= 0.6 is 0 Å². The van der Waals surface area contributed by atoms with Gasteiger partial charge in [-0.2, -0.15) is 0 Å². The average Bonchev–Trinajstić information content (AvgIpc) is 2.13. The molecule has 0 saturated heterocycles. The third kappa shape index (κ3) is 4.59. The molecule has 3 nitrogen and oxygen atoms in total. The van der Waals surface area contributed by atoms with Crippen LogP contribution in [0.2, 0.25) is 0 Å². The van der Waals surface area contributed by atoms with E-state index in [1.165, 1.54) is 0 Å². The van der Waals surface area contributed by atoms with E-state index in [-0.39, 0.29) is 11.2 Å². The van der Waals surface area contributed by atoms with Gasteiger partial charge in [0.2, 0.25) is 0 Å². The first-order chi connectivity index (χ1) is 7.46. The summed E-state index contributed by atoms with van der Waals surface area (Å²) in [4.78, 5) is 0. The molecule has 0 spiro atoms. The molecule has 0 saturated carbocycles. The van der Waals surface area contributed by atoms with Gasteiger partial charge < -0.3 is 5.32 Å². The van der Waals surface area contributed by atoms with Crippen LogP contribution in [0, 0.1) is 11.3 Å². The van der Waals surface area contributed by atoms with E-state index in [9.17, 15) is 8.42 Å². The summed E-state index contributed by atoms with van der Waals surface area (Å²) in [6, 6.07) is 0. The van der Waals surface area contributed by atoms with Gasteiger partial charge in [-0.1, -0.05) is 20.8 Å². The molecule has 1 unspecified atom stereocenters. The maximum Gasteiger partial charge on any atom is 0.155 e. The standard InChI is InChI=1S/C13H29NO2S/c1-11(2)13(6,10-14-7)8-9-17(15,16)12(3,4)5/h11,14H,8-10H2,1-7H3. The third-order valence-corrected chi connectivity index (χ3v) is 6.46. The summed E-state index contributed by atoms with van der Waals surface area (Å²) < 4.78 is 23.6. The lowest BCUT2D eigenvalue weighted by molar-refractivity contribution is 0.206. The zero-order valence-electron chi connectivity index (χ0n) is 12.4. The van der Waals surface area contributed by atoms with Crippen molar-refractivity contribution in [3.63, 3.8) is 0 Å². The summed E-state index contributed by atoms with van der Waals surface area (Å²) in [6.07, 6.45) is 0.713. The smallest absolute Gasteiger partial charge is 0.155 e. The number of rotatable bonds is 6. The Morgan fingerprint density at radius 1 is 1.12 bits per heavy atom. The molecule has 0 aliphatic rings. The van der Waals surface area contributed by atoms with E-state index in [0.717, 1.165) is 6.54 Å². The normalized spacial score (nSPS) is 17.2. The van der Waals surface area contributed by atoms with Crippen molar-refractivity contribution >= 4 is 9.84 Å². The molecule has 17 heavy (non-hydrogen) atoms. The topological polar surface area (TPSA) is 46.2 Å². The van der Waals surface area contributed by atoms with E-state index in [2.05, 4.69) is 26.1 Å². The fourth-order valence-electron chi connectivity index (χ4n) is 1.66. The van der Waals surface area contributed by atoms with Crippen molar-refractivity contribution in [2.24, 2.45) is 11.3 Å². The first-order valence-electron chi connectivity index (χ1n) is 6.33. The fourth-order valence-corrected chi connectivity index (χ4v) is 3.01. The monoisotopic (exact) mass is 263 g/mol.